The van der Waals surface area contributed by atoms with E-state index in [1.165, 1.54) is 19.3 Å². The van der Waals surface area contributed by atoms with E-state index >= 15 is 0 Å². The number of nitrogens with two attached hydrogens (primary N) is 1. The van der Waals surface area contributed by atoms with Crippen molar-refractivity contribution in [1.29, 1.82) is 0 Å². The lowest BCUT2D eigenvalue weighted by Gasteiger charge is -2.35. The number of hydrazine groups is 1. The molecule has 12 heavy (non-hydrogen) atoms. The van der Waals surface area contributed by atoms with Crippen LogP contribution in [0.3, 0.4) is 0 Å². The summed E-state index contributed by atoms with van der Waals surface area (Å²) >= 11 is 0. The van der Waals surface area contributed by atoms with Crippen molar-refractivity contribution in [3.05, 3.63) is 0 Å². The molecule has 1 aliphatic rings. The van der Waals surface area contributed by atoms with Crippen molar-refractivity contribution in [2.24, 2.45) is 11.8 Å². The van der Waals surface area contributed by atoms with Crippen molar-refractivity contribution in [1.82, 2.24) is 5.43 Å². The second-order valence-electron chi connectivity index (χ2n) is 4.07. The molecule has 0 spiro atoms. The molecule has 0 saturated heterocycles. The van der Waals surface area contributed by atoms with Gasteiger partial charge in [-0.3, -0.25) is 11.3 Å². The predicted octanol–water partition coefficient (Wildman–Crippen LogP) is 0.781. The van der Waals surface area contributed by atoms with E-state index in [0.29, 0.717) is 12.5 Å². The minimum absolute atomic E-state index is 0.433. The number of hydrogen-bond acceptors (Lipinski definition) is 3. The third-order valence-corrected chi connectivity index (χ3v) is 2.94. The van der Waals surface area contributed by atoms with Gasteiger partial charge in [-0.1, -0.05) is 19.3 Å². The van der Waals surface area contributed by atoms with Crippen LogP contribution in [0.25, 0.3) is 0 Å². The maximum Gasteiger partial charge on any atom is 0.0785 e. The quantitative estimate of drug-likeness (QED) is 0.435. The maximum atomic E-state index is 10.00. The van der Waals surface area contributed by atoms with E-state index in [1.54, 1.807) is 0 Å². The van der Waals surface area contributed by atoms with E-state index in [1.807, 2.05) is 6.92 Å². The molecular formula is C9H20N2O. The van der Waals surface area contributed by atoms with Crippen LogP contribution in [0.15, 0.2) is 0 Å². The Morgan fingerprint density at radius 3 is 2.50 bits per heavy atom. The van der Waals surface area contributed by atoms with Crippen LogP contribution in [0.1, 0.15) is 39.0 Å². The fraction of sp³-hybridized carbons (Fsp3) is 1.00. The Kier molecular flexibility index (Phi) is 3.50. The van der Waals surface area contributed by atoms with Gasteiger partial charge in [-0.2, -0.15) is 0 Å². The van der Waals surface area contributed by atoms with Gasteiger partial charge in [0.2, 0.25) is 0 Å². The summed E-state index contributed by atoms with van der Waals surface area (Å²) in [5, 5.41) is 10.00. The lowest BCUT2D eigenvalue weighted by atomic mass is 9.78. The Morgan fingerprint density at radius 2 is 2.00 bits per heavy atom. The van der Waals surface area contributed by atoms with E-state index in [0.717, 1.165) is 12.8 Å². The summed E-state index contributed by atoms with van der Waals surface area (Å²) in [6.07, 6.45) is 6.13. The molecule has 0 heterocycles. The van der Waals surface area contributed by atoms with Crippen molar-refractivity contribution < 1.29 is 5.11 Å². The van der Waals surface area contributed by atoms with E-state index in [9.17, 15) is 5.11 Å². The largest absolute Gasteiger partial charge is 0.389 e. The van der Waals surface area contributed by atoms with Gasteiger partial charge in [0.25, 0.3) is 0 Å². The molecular weight excluding hydrogens is 152 g/mol. The van der Waals surface area contributed by atoms with Crippen molar-refractivity contribution >= 4 is 0 Å². The van der Waals surface area contributed by atoms with Crippen LogP contribution in [0.5, 0.6) is 0 Å². The highest BCUT2D eigenvalue weighted by Crippen LogP contribution is 2.31. The molecule has 0 bridgehead atoms. The number of hydrogen-bond donors (Lipinski definition) is 3. The molecule has 3 heteroatoms. The lowest BCUT2D eigenvalue weighted by molar-refractivity contribution is -0.0150. The summed E-state index contributed by atoms with van der Waals surface area (Å²) in [6, 6.07) is 0. The molecule has 1 saturated carbocycles. The average Bonchev–Trinajstić information content (AvgIpc) is 2.06. The normalized spacial score (nSPS) is 25.2. The summed E-state index contributed by atoms with van der Waals surface area (Å²) in [4.78, 5) is 0. The fourth-order valence-corrected chi connectivity index (χ4v) is 2.08. The van der Waals surface area contributed by atoms with Crippen LogP contribution >= 0.6 is 0 Å². The molecule has 3 nitrogen and oxygen atoms in total. The maximum absolute atomic E-state index is 10.00. The molecule has 0 aliphatic heterocycles. The molecule has 1 fully saturated rings. The summed E-state index contributed by atoms with van der Waals surface area (Å²) in [5.41, 5.74) is 1.94. The standard InChI is InChI=1S/C9H20N2O/c1-9(12,7-11-10)8-5-3-2-4-6-8/h8,11-12H,2-7,10H2,1H3. The summed E-state index contributed by atoms with van der Waals surface area (Å²) in [6.45, 7) is 2.38. The molecule has 72 valence electrons. The fourth-order valence-electron chi connectivity index (χ4n) is 2.08. The Hall–Kier alpha value is -0.120. The van der Waals surface area contributed by atoms with Crippen LogP contribution < -0.4 is 11.3 Å². The van der Waals surface area contributed by atoms with E-state index in [4.69, 9.17) is 5.84 Å². The van der Waals surface area contributed by atoms with Gasteiger partial charge >= 0.3 is 0 Å². The second-order valence-corrected chi connectivity index (χ2v) is 4.07. The summed E-state index contributed by atoms with van der Waals surface area (Å²) in [5.74, 6) is 5.64. The van der Waals surface area contributed by atoms with Crippen LogP contribution in [-0.4, -0.2) is 17.3 Å². The van der Waals surface area contributed by atoms with E-state index in [2.05, 4.69) is 5.43 Å². The zero-order chi connectivity index (χ0) is 9.03. The molecule has 0 aromatic rings. The first-order valence-electron chi connectivity index (χ1n) is 4.82. The second kappa shape index (κ2) is 4.21. The lowest BCUT2D eigenvalue weighted by Crippen LogP contribution is -2.47. The van der Waals surface area contributed by atoms with Crippen molar-refractivity contribution in [3.8, 4) is 0 Å². The van der Waals surface area contributed by atoms with Crippen molar-refractivity contribution in [2.75, 3.05) is 6.54 Å². The number of rotatable bonds is 3. The van der Waals surface area contributed by atoms with Crippen molar-refractivity contribution in [3.63, 3.8) is 0 Å². The zero-order valence-corrected chi connectivity index (χ0v) is 7.84. The Labute approximate surface area is 74.3 Å². The molecule has 0 aromatic carbocycles. The van der Waals surface area contributed by atoms with Crippen LogP contribution in [0.4, 0.5) is 0 Å². The highest BCUT2D eigenvalue weighted by molar-refractivity contribution is 4.85. The van der Waals surface area contributed by atoms with Gasteiger partial charge in [0.1, 0.15) is 0 Å². The topological polar surface area (TPSA) is 58.3 Å². The molecule has 1 unspecified atom stereocenters. The average molecular weight is 172 g/mol. The first-order valence-corrected chi connectivity index (χ1v) is 4.82. The highest BCUT2D eigenvalue weighted by Gasteiger charge is 2.31. The van der Waals surface area contributed by atoms with Gasteiger partial charge in [0.15, 0.2) is 0 Å². The smallest absolute Gasteiger partial charge is 0.0785 e. The Morgan fingerprint density at radius 1 is 1.42 bits per heavy atom. The molecule has 4 N–H and O–H groups in total. The predicted molar refractivity (Wildman–Crippen MR) is 49.4 cm³/mol. The number of aliphatic hydroxyl groups is 1. The Balaban J connectivity index is 2.41. The van der Waals surface area contributed by atoms with Crippen LogP contribution in [0.2, 0.25) is 0 Å². The summed E-state index contributed by atoms with van der Waals surface area (Å²) < 4.78 is 0. The molecule has 0 amide bonds. The van der Waals surface area contributed by atoms with Crippen LogP contribution in [0, 0.1) is 5.92 Å². The highest BCUT2D eigenvalue weighted by atomic mass is 16.3. The molecule has 1 aliphatic carbocycles. The van der Waals surface area contributed by atoms with Gasteiger partial charge in [-0.15, -0.1) is 0 Å². The van der Waals surface area contributed by atoms with Gasteiger partial charge in [-0.25, -0.2) is 0 Å². The SMILES string of the molecule is CC(O)(CNN)C1CCCCC1. The summed E-state index contributed by atoms with van der Waals surface area (Å²) in [7, 11) is 0. The Bertz CT molecular complexity index is 130. The van der Waals surface area contributed by atoms with Gasteiger partial charge in [0, 0.05) is 6.54 Å². The third kappa shape index (κ3) is 2.44. The minimum Gasteiger partial charge on any atom is -0.389 e. The minimum atomic E-state index is -0.616. The van der Waals surface area contributed by atoms with Gasteiger partial charge in [0.05, 0.1) is 5.60 Å². The zero-order valence-electron chi connectivity index (χ0n) is 7.84. The van der Waals surface area contributed by atoms with Crippen LogP contribution in [-0.2, 0) is 0 Å². The first-order chi connectivity index (χ1) is 5.67. The molecule has 1 atom stereocenters. The third-order valence-electron chi connectivity index (χ3n) is 2.94. The van der Waals surface area contributed by atoms with E-state index < -0.39 is 5.60 Å². The van der Waals surface area contributed by atoms with Gasteiger partial charge in [-0.05, 0) is 25.7 Å². The van der Waals surface area contributed by atoms with Gasteiger partial charge < -0.3 is 5.11 Å². The number of nitrogens with one attached hydrogen (secondary N) is 1. The monoisotopic (exact) mass is 172 g/mol. The van der Waals surface area contributed by atoms with Crippen molar-refractivity contribution in [2.45, 2.75) is 44.6 Å². The molecule has 0 radical (unpaired) electrons. The van der Waals surface area contributed by atoms with E-state index in [-0.39, 0.29) is 0 Å². The molecule has 0 aromatic heterocycles. The first kappa shape index (κ1) is 9.96. The molecule has 1 rings (SSSR count).